The predicted octanol–water partition coefficient (Wildman–Crippen LogP) is 4.20. The van der Waals surface area contributed by atoms with Gasteiger partial charge in [0.05, 0.1) is 29.5 Å². The van der Waals surface area contributed by atoms with Crippen LogP contribution in [0.3, 0.4) is 0 Å². The molecular weight excluding hydrogens is 356 g/mol. The highest BCUT2D eigenvalue weighted by Crippen LogP contribution is 2.35. The maximum absolute atomic E-state index is 12.1. The Morgan fingerprint density at radius 3 is 2.67 bits per heavy atom. The molecule has 0 radical (unpaired) electrons. The lowest BCUT2D eigenvalue weighted by molar-refractivity contribution is -0.143. The molecule has 1 aromatic carbocycles. The maximum atomic E-state index is 12.1. The first-order chi connectivity index (χ1) is 10.0. The molecule has 6 heteroatoms. The van der Waals surface area contributed by atoms with E-state index in [1.54, 1.807) is 14.0 Å². The Balaban J connectivity index is 2.15. The van der Waals surface area contributed by atoms with Crippen molar-refractivity contribution in [2.24, 2.45) is 0 Å². The highest BCUT2D eigenvalue weighted by molar-refractivity contribution is 9.10. The molecule has 0 spiro atoms. The van der Waals surface area contributed by atoms with Crippen LogP contribution in [0.4, 0.5) is 0 Å². The van der Waals surface area contributed by atoms with E-state index >= 15 is 0 Å². The third-order valence-corrected chi connectivity index (χ3v) is 4.69. The number of hydrogen-bond donors (Lipinski definition) is 0. The van der Waals surface area contributed by atoms with Crippen molar-refractivity contribution >= 4 is 49.1 Å². The molecule has 1 heterocycles. The van der Waals surface area contributed by atoms with Crippen LogP contribution in [0.15, 0.2) is 22.7 Å². The number of carbonyl (C=O) groups is 2. The zero-order valence-corrected chi connectivity index (χ0v) is 14.2. The van der Waals surface area contributed by atoms with Gasteiger partial charge in [-0.25, -0.2) is 0 Å². The molecule has 1 aromatic heterocycles. The second kappa shape index (κ2) is 7.04. The summed E-state index contributed by atoms with van der Waals surface area (Å²) in [5.41, 5.74) is 0. The summed E-state index contributed by atoms with van der Waals surface area (Å²) < 4.78 is 11.9. The van der Waals surface area contributed by atoms with Gasteiger partial charge in [-0.2, -0.15) is 0 Å². The zero-order valence-electron chi connectivity index (χ0n) is 11.8. The first-order valence-corrected chi connectivity index (χ1v) is 8.12. The first kappa shape index (κ1) is 16.0. The van der Waals surface area contributed by atoms with Gasteiger partial charge in [0.1, 0.15) is 5.75 Å². The highest BCUT2D eigenvalue weighted by atomic mass is 79.9. The van der Waals surface area contributed by atoms with E-state index in [-0.39, 0.29) is 24.6 Å². The average Bonchev–Trinajstić information content (AvgIpc) is 2.86. The molecule has 4 nitrogen and oxygen atoms in total. The van der Waals surface area contributed by atoms with Gasteiger partial charge in [0.2, 0.25) is 0 Å². The smallest absolute Gasteiger partial charge is 0.306 e. The van der Waals surface area contributed by atoms with Gasteiger partial charge in [0.15, 0.2) is 5.78 Å². The molecule has 21 heavy (non-hydrogen) atoms. The summed E-state index contributed by atoms with van der Waals surface area (Å²) in [6.45, 7) is 2.08. The van der Waals surface area contributed by atoms with Gasteiger partial charge < -0.3 is 9.47 Å². The summed E-state index contributed by atoms with van der Waals surface area (Å²) in [6.07, 6.45) is 0.290. The van der Waals surface area contributed by atoms with Crippen molar-refractivity contribution in [2.45, 2.75) is 19.8 Å². The van der Waals surface area contributed by atoms with E-state index in [0.29, 0.717) is 11.5 Å². The van der Waals surface area contributed by atoms with E-state index in [1.165, 1.54) is 11.3 Å². The first-order valence-electron chi connectivity index (χ1n) is 6.51. The number of ether oxygens (including phenoxy) is 2. The van der Waals surface area contributed by atoms with Crippen molar-refractivity contribution in [1.82, 2.24) is 0 Å². The van der Waals surface area contributed by atoms with Crippen LogP contribution < -0.4 is 4.74 Å². The van der Waals surface area contributed by atoms with Gasteiger partial charge >= 0.3 is 5.97 Å². The lowest BCUT2D eigenvalue weighted by Crippen LogP contribution is -2.07. The van der Waals surface area contributed by atoms with Crippen LogP contribution in [0.2, 0.25) is 0 Å². The SMILES string of the molecule is CCOC(=O)CCC(=O)c1cc2cc(OC)c(Br)cc2s1. The van der Waals surface area contributed by atoms with Crippen molar-refractivity contribution in [3.8, 4) is 5.75 Å². The summed E-state index contributed by atoms with van der Waals surface area (Å²) in [5, 5.41) is 0.958. The van der Waals surface area contributed by atoms with Gasteiger partial charge in [-0.1, -0.05) is 0 Å². The third-order valence-electron chi connectivity index (χ3n) is 2.93. The van der Waals surface area contributed by atoms with E-state index in [4.69, 9.17) is 9.47 Å². The normalized spacial score (nSPS) is 10.6. The fourth-order valence-electron chi connectivity index (χ4n) is 1.91. The van der Waals surface area contributed by atoms with Crippen LogP contribution in [0.25, 0.3) is 10.1 Å². The second-order valence-corrected chi connectivity index (χ2v) is 6.30. The Kier molecular flexibility index (Phi) is 5.36. The topological polar surface area (TPSA) is 52.6 Å². The number of thiophene rings is 1. The molecule has 0 saturated heterocycles. The third kappa shape index (κ3) is 3.83. The minimum absolute atomic E-state index is 0.0423. The van der Waals surface area contributed by atoms with Gasteiger partial charge in [-0.3, -0.25) is 9.59 Å². The van der Waals surface area contributed by atoms with E-state index in [9.17, 15) is 9.59 Å². The van der Waals surface area contributed by atoms with Crippen LogP contribution in [-0.4, -0.2) is 25.5 Å². The Bertz CT molecular complexity index is 678. The molecule has 0 fully saturated rings. The Hall–Kier alpha value is -1.40. The number of methoxy groups -OCH3 is 1. The van der Waals surface area contributed by atoms with Gasteiger partial charge in [-0.15, -0.1) is 11.3 Å². The molecule has 0 aliphatic carbocycles. The summed E-state index contributed by atoms with van der Waals surface area (Å²) in [7, 11) is 1.60. The van der Waals surface area contributed by atoms with E-state index in [1.807, 2.05) is 18.2 Å². The second-order valence-electron chi connectivity index (χ2n) is 4.36. The number of rotatable bonds is 6. The molecule has 112 valence electrons. The Labute approximate surface area is 135 Å². The Morgan fingerprint density at radius 1 is 1.24 bits per heavy atom. The monoisotopic (exact) mass is 370 g/mol. The van der Waals surface area contributed by atoms with E-state index in [0.717, 1.165) is 20.3 Å². The summed E-state index contributed by atoms with van der Waals surface area (Å²) >= 11 is 4.84. The number of carbonyl (C=O) groups excluding carboxylic acids is 2. The highest BCUT2D eigenvalue weighted by Gasteiger charge is 2.14. The minimum atomic E-state index is -0.337. The minimum Gasteiger partial charge on any atom is -0.496 e. The standard InChI is InChI=1S/C15H15BrO4S/c1-3-20-15(18)5-4-11(17)14-7-9-6-12(19-2)10(16)8-13(9)21-14/h6-8H,3-5H2,1-2H3. The Morgan fingerprint density at radius 2 is 2.00 bits per heavy atom. The summed E-state index contributed by atoms with van der Waals surface area (Å²) in [6, 6.07) is 5.65. The van der Waals surface area contributed by atoms with Crippen molar-refractivity contribution in [3.05, 3.63) is 27.5 Å². The number of ketones is 1. The van der Waals surface area contributed by atoms with Crippen LogP contribution in [0.5, 0.6) is 5.75 Å². The number of halogens is 1. The number of Topliss-reactive ketones (excluding diaryl/α,β-unsaturated/α-hetero) is 1. The lowest BCUT2D eigenvalue weighted by atomic mass is 10.1. The number of esters is 1. The summed E-state index contributed by atoms with van der Waals surface area (Å²) in [5.74, 6) is 0.349. The number of hydrogen-bond acceptors (Lipinski definition) is 5. The van der Waals surface area contributed by atoms with Crippen LogP contribution in [0.1, 0.15) is 29.4 Å². The van der Waals surface area contributed by atoms with Gasteiger partial charge in [0.25, 0.3) is 0 Å². The molecule has 0 N–H and O–H groups in total. The zero-order chi connectivity index (χ0) is 15.4. The predicted molar refractivity (Wildman–Crippen MR) is 86.3 cm³/mol. The molecule has 2 aromatic rings. The molecule has 0 aliphatic heterocycles. The fourth-order valence-corrected chi connectivity index (χ4v) is 3.61. The average molecular weight is 371 g/mol. The molecule has 0 saturated carbocycles. The van der Waals surface area contributed by atoms with Crippen molar-refractivity contribution < 1.29 is 19.1 Å². The molecule has 0 atom stereocenters. The van der Waals surface area contributed by atoms with Crippen LogP contribution >= 0.6 is 27.3 Å². The van der Waals surface area contributed by atoms with Crippen molar-refractivity contribution in [1.29, 1.82) is 0 Å². The lowest BCUT2D eigenvalue weighted by Gasteiger charge is -2.01. The molecule has 2 rings (SSSR count). The molecule has 0 aliphatic rings. The van der Waals surface area contributed by atoms with Crippen LogP contribution in [0, 0.1) is 0 Å². The largest absolute Gasteiger partial charge is 0.496 e. The van der Waals surface area contributed by atoms with E-state index < -0.39 is 0 Å². The van der Waals surface area contributed by atoms with E-state index in [2.05, 4.69) is 15.9 Å². The molecule has 0 unspecified atom stereocenters. The fraction of sp³-hybridized carbons (Fsp3) is 0.333. The molecular formula is C15H15BrO4S. The quantitative estimate of drug-likeness (QED) is 0.564. The summed E-state index contributed by atoms with van der Waals surface area (Å²) in [4.78, 5) is 24.1. The van der Waals surface area contributed by atoms with Gasteiger partial charge in [-0.05, 0) is 46.4 Å². The maximum Gasteiger partial charge on any atom is 0.306 e. The van der Waals surface area contributed by atoms with Crippen molar-refractivity contribution in [2.75, 3.05) is 13.7 Å². The number of fused-ring (bicyclic) bond motifs is 1. The molecule has 0 bridgehead atoms. The van der Waals surface area contributed by atoms with Gasteiger partial charge in [0, 0.05) is 11.1 Å². The van der Waals surface area contributed by atoms with Crippen molar-refractivity contribution in [3.63, 3.8) is 0 Å². The number of benzene rings is 1. The molecule has 0 amide bonds. The van der Waals surface area contributed by atoms with Crippen LogP contribution in [-0.2, 0) is 9.53 Å².